The van der Waals surface area contributed by atoms with Crippen LogP contribution in [0.25, 0.3) is 11.1 Å². The SMILES string of the molecule is CCc1cc2nccc(C(=O)[O-])c2o1.[Li+]. The standard InChI is InChI=1S/C10H9NO3.Li/c1-2-6-5-8-9(14-6)7(10(12)13)3-4-11-8;/h3-5H,2H2,1H3,(H,12,13);/q;+1/p-1. The summed E-state index contributed by atoms with van der Waals surface area (Å²) in [6, 6.07) is 3.11. The van der Waals surface area contributed by atoms with E-state index in [0.29, 0.717) is 17.5 Å². The van der Waals surface area contributed by atoms with Gasteiger partial charge in [0.15, 0.2) is 5.58 Å². The zero-order chi connectivity index (χ0) is 10.1. The van der Waals surface area contributed by atoms with Crippen molar-refractivity contribution in [3.63, 3.8) is 0 Å². The van der Waals surface area contributed by atoms with Crippen LogP contribution in [0.15, 0.2) is 22.7 Å². The van der Waals surface area contributed by atoms with E-state index in [0.717, 1.165) is 5.76 Å². The Kier molecular flexibility index (Phi) is 3.56. The Morgan fingerprint density at radius 2 is 2.33 bits per heavy atom. The van der Waals surface area contributed by atoms with Crippen LogP contribution in [0.4, 0.5) is 0 Å². The van der Waals surface area contributed by atoms with Crippen molar-refractivity contribution in [1.29, 1.82) is 0 Å². The summed E-state index contributed by atoms with van der Waals surface area (Å²) >= 11 is 0. The van der Waals surface area contributed by atoms with Gasteiger partial charge in [0.1, 0.15) is 11.3 Å². The van der Waals surface area contributed by atoms with Crippen LogP contribution in [-0.2, 0) is 6.42 Å². The van der Waals surface area contributed by atoms with Gasteiger partial charge in [-0.2, -0.15) is 0 Å². The Morgan fingerprint density at radius 3 is 2.93 bits per heavy atom. The third-order valence-corrected chi connectivity index (χ3v) is 2.03. The number of aromatic nitrogens is 1. The third-order valence-electron chi connectivity index (χ3n) is 2.03. The average molecular weight is 197 g/mol. The molecule has 15 heavy (non-hydrogen) atoms. The van der Waals surface area contributed by atoms with E-state index < -0.39 is 5.97 Å². The van der Waals surface area contributed by atoms with Crippen LogP contribution in [-0.4, -0.2) is 11.0 Å². The van der Waals surface area contributed by atoms with E-state index in [1.165, 1.54) is 12.3 Å². The van der Waals surface area contributed by atoms with Crippen molar-refractivity contribution < 1.29 is 33.2 Å². The first-order valence-corrected chi connectivity index (χ1v) is 4.31. The molecule has 2 rings (SSSR count). The van der Waals surface area contributed by atoms with E-state index in [9.17, 15) is 9.90 Å². The molecule has 0 aromatic carbocycles. The number of aryl methyl sites for hydroxylation is 1. The second-order valence-electron chi connectivity index (χ2n) is 2.93. The molecule has 0 amide bonds. The van der Waals surface area contributed by atoms with Crippen molar-refractivity contribution in [2.24, 2.45) is 0 Å². The Balaban J connectivity index is 0.00000112. The van der Waals surface area contributed by atoms with E-state index in [2.05, 4.69) is 4.98 Å². The normalized spacial score (nSPS) is 9.93. The van der Waals surface area contributed by atoms with Gasteiger partial charge in [-0.25, -0.2) is 0 Å². The average Bonchev–Trinajstić information content (AvgIpc) is 2.59. The molecule has 0 saturated carbocycles. The molecule has 72 valence electrons. The molecular formula is C10H8LiNO3. The van der Waals surface area contributed by atoms with Crippen molar-refractivity contribution in [3.8, 4) is 0 Å². The fraction of sp³-hybridized carbons (Fsp3) is 0.200. The van der Waals surface area contributed by atoms with Crippen LogP contribution in [0.5, 0.6) is 0 Å². The number of carbonyl (C=O) groups excluding carboxylic acids is 1. The van der Waals surface area contributed by atoms with Crippen LogP contribution >= 0.6 is 0 Å². The predicted octanol–water partition coefficient (Wildman–Crippen LogP) is -2.24. The zero-order valence-corrected chi connectivity index (χ0v) is 8.61. The molecule has 0 aliphatic rings. The van der Waals surface area contributed by atoms with Crippen molar-refractivity contribution in [3.05, 3.63) is 29.7 Å². The summed E-state index contributed by atoms with van der Waals surface area (Å²) < 4.78 is 5.33. The van der Waals surface area contributed by atoms with E-state index in [4.69, 9.17) is 4.42 Å². The Bertz CT molecular complexity index is 492. The van der Waals surface area contributed by atoms with Crippen LogP contribution < -0.4 is 24.0 Å². The number of hydrogen-bond acceptors (Lipinski definition) is 4. The van der Waals surface area contributed by atoms with Crippen molar-refractivity contribution in [2.75, 3.05) is 0 Å². The monoisotopic (exact) mass is 197 g/mol. The van der Waals surface area contributed by atoms with Gasteiger partial charge < -0.3 is 14.3 Å². The quantitative estimate of drug-likeness (QED) is 0.510. The van der Waals surface area contributed by atoms with E-state index >= 15 is 0 Å². The number of rotatable bonds is 2. The van der Waals surface area contributed by atoms with Gasteiger partial charge in [-0.15, -0.1) is 0 Å². The van der Waals surface area contributed by atoms with Gasteiger partial charge in [-0.3, -0.25) is 4.98 Å². The molecule has 0 fully saturated rings. The summed E-state index contributed by atoms with van der Waals surface area (Å²) in [6.45, 7) is 1.93. The minimum absolute atomic E-state index is 0. The molecule has 0 aliphatic heterocycles. The van der Waals surface area contributed by atoms with Gasteiger partial charge in [0.05, 0.1) is 5.97 Å². The number of carbonyl (C=O) groups is 1. The number of aromatic carboxylic acids is 1. The topological polar surface area (TPSA) is 66.2 Å². The summed E-state index contributed by atoms with van der Waals surface area (Å²) in [4.78, 5) is 14.7. The Labute approximate surface area is 98.5 Å². The number of nitrogens with zero attached hydrogens (tertiary/aromatic N) is 1. The Morgan fingerprint density at radius 1 is 1.60 bits per heavy atom. The number of furan rings is 1. The van der Waals surface area contributed by atoms with Gasteiger partial charge in [0.25, 0.3) is 0 Å². The van der Waals surface area contributed by atoms with E-state index in [1.807, 2.05) is 6.92 Å². The summed E-state index contributed by atoms with van der Waals surface area (Å²) in [5.74, 6) is -0.518. The molecule has 4 nitrogen and oxygen atoms in total. The van der Waals surface area contributed by atoms with Crippen molar-refractivity contribution in [1.82, 2.24) is 4.98 Å². The fourth-order valence-corrected chi connectivity index (χ4v) is 1.32. The zero-order valence-electron chi connectivity index (χ0n) is 8.61. The molecule has 0 aliphatic carbocycles. The number of fused-ring (bicyclic) bond motifs is 1. The molecule has 0 saturated heterocycles. The first-order valence-electron chi connectivity index (χ1n) is 4.31. The molecule has 0 spiro atoms. The third kappa shape index (κ3) is 2.06. The first-order chi connectivity index (χ1) is 6.72. The summed E-state index contributed by atoms with van der Waals surface area (Å²) in [6.07, 6.45) is 2.14. The van der Waals surface area contributed by atoms with E-state index in [-0.39, 0.29) is 24.4 Å². The molecular weight excluding hydrogens is 189 g/mol. The number of carboxylic acid groups (broad SMARTS) is 1. The van der Waals surface area contributed by atoms with Crippen LogP contribution in [0.2, 0.25) is 0 Å². The Hall–Kier alpha value is -1.24. The van der Waals surface area contributed by atoms with Crippen LogP contribution in [0.1, 0.15) is 23.0 Å². The predicted molar refractivity (Wildman–Crippen MR) is 47.7 cm³/mol. The number of pyridine rings is 1. The maximum Gasteiger partial charge on any atom is 1.00 e. The number of carboxylic acids is 1. The largest absolute Gasteiger partial charge is 1.00 e. The maximum absolute atomic E-state index is 10.7. The molecule has 0 bridgehead atoms. The maximum atomic E-state index is 10.7. The molecule has 2 heterocycles. The van der Waals surface area contributed by atoms with Gasteiger partial charge in [-0.1, -0.05) is 6.92 Å². The van der Waals surface area contributed by atoms with Gasteiger partial charge in [0, 0.05) is 24.2 Å². The van der Waals surface area contributed by atoms with Crippen LogP contribution in [0.3, 0.4) is 0 Å². The second kappa shape index (κ2) is 4.52. The minimum atomic E-state index is -1.24. The van der Waals surface area contributed by atoms with Crippen molar-refractivity contribution >= 4 is 17.1 Å². The summed E-state index contributed by atoms with van der Waals surface area (Å²) in [5, 5.41) is 10.7. The van der Waals surface area contributed by atoms with Crippen LogP contribution in [0, 0.1) is 0 Å². The smallest absolute Gasteiger partial charge is 0.545 e. The van der Waals surface area contributed by atoms with Gasteiger partial charge in [-0.05, 0) is 6.07 Å². The first kappa shape index (κ1) is 11.8. The van der Waals surface area contributed by atoms with Gasteiger partial charge >= 0.3 is 18.9 Å². The summed E-state index contributed by atoms with van der Waals surface area (Å²) in [7, 11) is 0. The molecule has 0 atom stereocenters. The second-order valence-corrected chi connectivity index (χ2v) is 2.93. The number of hydrogen-bond donors (Lipinski definition) is 0. The molecule has 5 heteroatoms. The molecule has 0 N–H and O–H groups in total. The summed E-state index contributed by atoms with van der Waals surface area (Å²) in [5.41, 5.74) is 0.905. The van der Waals surface area contributed by atoms with E-state index in [1.54, 1.807) is 6.07 Å². The molecule has 0 radical (unpaired) electrons. The molecule has 2 aromatic rings. The fourth-order valence-electron chi connectivity index (χ4n) is 1.32. The molecule has 0 unspecified atom stereocenters. The molecule has 2 aromatic heterocycles. The van der Waals surface area contributed by atoms with Crippen molar-refractivity contribution in [2.45, 2.75) is 13.3 Å². The van der Waals surface area contributed by atoms with Gasteiger partial charge in [0.2, 0.25) is 0 Å². The minimum Gasteiger partial charge on any atom is -0.545 e.